The Morgan fingerprint density at radius 1 is 1.29 bits per heavy atom. The van der Waals surface area contributed by atoms with Gasteiger partial charge in [0.15, 0.2) is 11.5 Å². The van der Waals surface area contributed by atoms with Crippen molar-refractivity contribution >= 4 is 29.2 Å². The van der Waals surface area contributed by atoms with E-state index in [0.717, 1.165) is 18.8 Å². The Hall–Kier alpha value is -3.89. The Bertz CT molecular complexity index is 1100. The normalized spacial score (nSPS) is 15.7. The molecule has 1 atom stereocenters. The van der Waals surface area contributed by atoms with Gasteiger partial charge in [0.25, 0.3) is 5.91 Å². The topological polar surface area (TPSA) is 126 Å². The number of methoxy groups -OCH3 is 1. The number of fused-ring (bicyclic) bond motifs is 1. The first-order valence-electron chi connectivity index (χ1n) is 10.0. The van der Waals surface area contributed by atoms with Crippen LogP contribution in [0.4, 0.5) is 16.4 Å². The number of urea groups is 1. The fraction of sp³-hybridized carbons (Fsp3) is 0.350. The zero-order chi connectivity index (χ0) is 21.8. The number of aromatic nitrogens is 4. The summed E-state index contributed by atoms with van der Waals surface area (Å²) in [4.78, 5) is 34.7. The van der Waals surface area contributed by atoms with Crippen LogP contribution in [0.3, 0.4) is 0 Å². The Morgan fingerprint density at radius 3 is 2.97 bits per heavy atom. The van der Waals surface area contributed by atoms with Crippen LogP contribution in [0.2, 0.25) is 0 Å². The number of nitrogens with one attached hydrogen (secondary N) is 3. The fourth-order valence-electron chi connectivity index (χ4n) is 3.43. The van der Waals surface area contributed by atoms with Crippen molar-refractivity contribution in [3.63, 3.8) is 0 Å². The monoisotopic (exact) mass is 424 g/mol. The maximum absolute atomic E-state index is 12.5. The molecular weight excluding hydrogens is 400 g/mol. The van der Waals surface area contributed by atoms with Gasteiger partial charge in [-0.25, -0.2) is 14.3 Å². The van der Waals surface area contributed by atoms with Gasteiger partial charge in [-0.3, -0.25) is 15.1 Å². The predicted molar refractivity (Wildman–Crippen MR) is 115 cm³/mol. The summed E-state index contributed by atoms with van der Waals surface area (Å²) in [7, 11) is 1.55. The zero-order valence-electron chi connectivity index (χ0n) is 17.3. The maximum atomic E-state index is 12.5. The summed E-state index contributed by atoms with van der Waals surface area (Å²) in [5.41, 5.74) is 0.951. The van der Waals surface area contributed by atoms with Crippen LogP contribution >= 0.6 is 0 Å². The standard InChI is InChI=1S/C20H24N8O3/c1-3-21-20(30)25-16-12-28-17(24-16)4-5-18(26-28)27-9-7-13(11-27)23-19(29)15-10-14(31-2)6-8-22-15/h4-6,8,10,12-13H,3,7,9,11H2,1-2H3,(H,23,29)(H2,21,25,30)/t13-/m0/s1. The van der Waals surface area contributed by atoms with Crippen LogP contribution < -0.4 is 25.6 Å². The van der Waals surface area contributed by atoms with Gasteiger partial charge in [-0.1, -0.05) is 0 Å². The molecule has 0 bridgehead atoms. The smallest absolute Gasteiger partial charge is 0.320 e. The van der Waals surface area contributed by atoms with Gasteiger partial charge in [0.05, 0.1) is 13.3 Å². The summed E-state index contributed by atoms with van der Waals surface area (Å²) in [6, 6.07) is 6.71. The van der Waals surface area contributed by atoms with E-state index in [2.05, 4.69) is 35.9 Å². The Morgan fingerprint density at radius 2 is 2.16 bits per heavy atom. The second kappa shape index (κ2) is 8.86. The number of hydrogen-bond donors (Lipinski definition) is 3. The average molecular weight is 424 g/mol. The third kappa shape index (κ3) is 4.65. The molecule has 1 fully saturated rings. The molecule has 1 saturated heterocycles. The second-order valence-electron chi connectivity index (χ2n) is 7.09. The molecule has 0 unspecified atom stereocenters. The molecule has 11 heteroatoms. The van der Waals surface area contributed by atoms with Gasteiger partial charge in [-0.05, 0) is 31.5 Å². The van der Waals surface area contributed by atoms with E-state index in [4.69, 9.17) is 4.74 Å². The minimum atomic E-state index is -0.310. The molecular formula is C20H24N8O3. The van der Waals surface area contributed by atoms with Crippen molar-refractivity contribution in [2.24, 2.45) is 0 Å². The number of imidazole rings is 1. The third-order valence-electron chi connectivity index (χ3n) is 4.93. The highest BCUT2D eigenvalue weighted by Gasteiger charge is 2.26. The Balaban J connectivity index is 1.40. The number of nitrogens with zero attached hydrogens (tertiary/aromatic N) is 5. The first-order chi connectivity index (χ1) is 15.1. The molecule has 0 radical (unpaired) electrons. The number of carbonyl (C=O) groups excluding carboxylic acids is 2. The number of amides is 3. The predicted octanol–water partition coefficient (Wildman–Crippen LogP) is 1.28. The highest BCUT2D eigenvalue weighted by atomic mass is 16.5. The lowest BCUT2D eigenvalue weighted by molar-refractivity contribution is 0.0935. The number of carbonyl (C=O) groups is 2. The molecule has 0 aromatic carbocycles. The quantitative estimate of drug-likeness (QED) is 0.544. The largest absolute Gasteiger partial charge is 0.497 e. The highest BCUT2D eigenvalue weighted by Crippen LogP contribution is 2.20. The van der Waals surface area contributed by atoms with E-state index >= 15 is 0 Å². The van der Waals surface area contributed by atoms with Gasteiger partial charge in [0, 0.05) is 37.9 Å². The van der Waals surface area contributed by atoms with Crippen LogP contribution in [0.15, 0.2) is 36.7 Å². The number of hydrogen-bond acceptors (Lipinski definition) is 7. The van der Waals surface area contributed by atoms with E-state index in [-0.39, 0.29) is 18.0 Å². The lowest BCUT2D eigenvalue weighted by atomic mass is 10.2. The summed E-state index contributed by atoms with van der Waals surface area (Å²) in [5.74, 6) is 1.55. The molecule has 3 N–H and O–H groups in total. The fourth-order valence-corrected chi connectivity index (χ4v) is 3.43. The molecule has 0 saturated carbocycles. The molecule has 162 valence electrons. The van der Waals surface area contributed by atoms with Gasteiger partial charge in [0.1, 0.15) is 17.3 Å². The van der Waals surface area contributed by atoms with Gasteiger partial charge in [-0.15, -0.1) is 5.10 Å². The van der Waals surface area contributed by atoms with Gasteiger partial charge >= 0.3 is 6.03 Å². The van der Waals surface area contributed by atoms with Crippen molar-refractivity contribution < 1.29 is 14.3 Å². The van der Waals surface area contributed by atoms with E-state index in [9.17, 15) is 9.59 Å². The van der Waals surface area contributed by atoms with Gasteiger partial charge < -0.3 is 20.3 Å². The van der Waals surface area contributed by atoms with E-state index in [1.165, 1.54) is 0 Å². The number of pyridine rings is 1. The molecule has 0 spiro atoms. The third-order valence-corrected chi connectivity index (χ3v) is 4.93. The van der Waals surface area contributed by atoms with Crippen molar-refractivity contribution in [3.8, 4) is 5.75 Å². The number of rotatable bonds is 6. The molecule has 1 aliphatic rings. The Labute approximate surface area is 178 Å². The Kier molecular flexibility index (Phi) is 5.83. The van der Waals surface area contributed by atoms with Crippen molar-refractivity contribution in [1.82, 2.24) is 30.2 Å². The van der Waals surface area contributed by atoms with Crippen molar-refractivity contribution in [2.75, 3.05) is 37.0 Å². The summed E-state index contributed by atoms with van der Waals surface area (Å²) >= 11 is 0. The van der Waals surface area contributed by atoms with E-state index < -0.39 is 0 Å². The van der Waals surface area contributed by atoms with Crippen LogP contribution in [-0.4, -0.2) is 64.3 Å². The van der Waals surface area contributed by atoms with E-state index in [1.54, 1.807) is 36.2 Å². The molecule has 31 heavy (non-hydrogen) atoms. The highest BCUT2D eigenvalue weighted by molar-refractivity contribution is 5.92. The minimum absolute atomic E-state index is 0.0178. The zero-order valence-corrected chi connectivity index (χ0v) is 17.3. The molecule has 3 aromatic rings. The lowest BCUT2D eigenvalue weighted by Gasteiger charge is -2.17. The second-order valence-corrected chi connectivity index (χ2v) is 7.09. The summed E-state index contributed by atoms with van der Waals surface area (Å²) < 4.78 is 6.78. The summed E-state index contributed by atoms with van der Waals surface area (Å²) in [5, 5.41) is 12.9. The van der Waals surface area contributed by atoms with Crippen LogP contribution in [0.1, 0.15) is 23.8 Å². The first-order valence-corrected chi connectivity index (χ1v) is 10.0. The molecule has 1 aliphatic heterocycles. The molecule has 0 aliphatic carbocycles. The number of ether oxygens (including phenoxy) is 1. The van der Waals surface area contributed by atoms with E-state index in [0.29, 0.717) is 36.0 Å². The van der Waals surface area contributed by atoms with Crippen LogP contribution in [0.25, 0.3) is 5.65 Å². The number of anilines is 2. The van der Waals surface area contributed by atoms with Crippen LogP contribution in [0.5, 0.6) is 5.75 Å². The summed E-state index contributed by atoms with van der Waals surface area (Å²) in [6.45, 7) is 3.76. The van der Waals surface area contributed by atoms with Crippen LogP contribution in [-0.2, 0) is 0 Å². The minimum Gasteiger partial charge on any atom is -0.497 e. The molecule has 11 nitrogen and oxygen atoms in total. The molecule has 3 amide bonds. The SMILES string of the molecule is CCNC(=O)Nc1cn2nc(N3CC[C@H](NC(=O)c4cc(OC)ccn4)C3)ccc2n1. The van der Waals surface area contributed by atoms with Crippen molar-refractivity contribution in [1.29, 1.82) is 0 Å². The van der Waals surface area contributed by atoms with Gasteiger partial charge in [-0.2, -0.15) is 0 Å². The molecule has 4 heterocycles. The van der Waals surface area contributed by atoms with Crippen molar-refractivity contribution in [2.45, 2.75) is 19.4 Å². The molecule has 4 rings (SSSR count). The van der Waals surface area contributed by atoms with Gasteiger partial charge in [0.2, 0.25) is 0 Å². The summed E-state index contributed by atoms with van der Waals surface area (Å²) in [6.07, 6.45) is 4.01. The average Bonchev–Trinajstić information content (AvgIpc) is 3.39. The molecule has 3 aromatic heterocycles. The van der Waals surface area contributed by atoms with E-state index in [1.807, 2.05) is 19.1 Å². The van der Waals surface area contributed by atoms with Crippen molar-refractivity contribution in [3.05, 3.63) is 42.4 Å². The maximum Gasteiger partial charge on any atom is 0.320 e. The first kappa shape index (κ1) is 20.4. The van der Waals surface area contributed by atoms with Crippen LogP contribution in [0, 0.1) is 0 Å². The lowest BCUT2D eigenvalue weighted by Crippen LogP contribution is -2.37.